The molecule has 2 aromatic rings. The monoisotopic (exact) mass is 283 g/mol. The zero-order valence-corrected chi connectivity index (χ0v) is 12.1. The van der Waals surface area contributed by atoms with Crippen molar-refractivity contribution in [2.45, 2.75) is 5.92 Å². The molecular weight excluding hydrogens is 262 g/mol. The zero-order valence-electron chi connectivity index (χ0n) is 12.1. The van der Waals surface area contributed by atoms with Crippen LogP contribution in [0.2, 0.25) is 0 Å². The van der Waals surface area contributed by atoms with E-state index in [0.717, 1.165) is 0 Å². The van der Waals surface area contributed by atoms with Gasteiger partial charge in [0.1, 0.15) is 6.79 Å². The summed E-state index contributed by atoms with van der Waals surface area (Å²) in [7, 11) is 0. The molecular formula is C18H21NO2. The summed E-state index contributed by atoms with van der Waals surface area (Å²) in [6, 6.07) is 17.0. The molecule has 110 valence electrons. The lowest BCUT2D eigenvalue weighted by molar-refractivity contribution is -0.0535. The Kier molecular flexibility index (Phi) is 5.69. The highest BCUT2D eigenvalue weighted by Crippen LogP contribution is 2.44. The molecule has 21 heavy (non-hydrogen) atoms. The standard InChI is InChI=1S/C16H17NO2.C2H4/c17-10-19-11-18-9-16-14-7-3-1-5-12(14)13-6-2-4-8-15(13)16;1-2/h1-8,16H,9-11,17H2;1-2H2. The maximum Gasteiger partial charge on any atom is 0.148 e. The molecule has 3 heteroatoms. The second-order valence-electron chi connectivity index (χ2n) is 4.59. The van der Waals surface area contributed by atoms with E-state index in [-0.39, 0.29) is 19.4 Å². The minimum Gasteiger partial charge on any atom is -0.354 e. The SMILES string of the molecule is C=C.NCOCOCC1c2ccccc2-c2ccccc21. The molecule has 0 aliphatic heterocycles. The van der Waals surface area contributed by atoms with Gasteiger partial charge >= 0.3 is 0 Å². The Morgan fingerprint density at radius 1 is 0.857 bits per heavy atom. The molecule has 0 aromatic heterocycles. The van der Waals surface area contributed by atoms with Gasteiger partial charge in [0.05, 0.1) is 13.3 Å². The highest BCUT2D eigenvalue weighted by atomic mass is 16.7. The Hall–Kier alpha value is -1.94. The van der Waals surface area contributed by atoms with Crippen LogP contribution in [0.5, 0.6) is 0 Å². The Labute approximate surface area is 126 Å². The number of rotatable bonds is 5. The van der Waals surface area contributed by atoms with E-state index in [2.05, 4.69) is 61.7 Å². The fraction of sp³-hybridized carbons (Fsp3) is 0.222. The highest BCUT2D eigenvalue weighted by molar-refractivity contribution is 5.78. The Morgan fingerprint density at radius 3 is 1.90 bits per heavy atom. The summed E-state index contributed by atoms with van der Waals surface area (Å²) in [6.07, 6.45) is 0. The molecule has 0 fully saturated rings. The van der Waals surface area contributed by atoms with Gasteiger partial charge in [0.2, 0.25) is 0 Å². The van der Waals surface area contributed by atoms with Gasteiger partial charge in [0.15, 0.2) is 0 Å². The van der Waals surface area contributed by atoms with Gasteiger partial charge in [-0.1, -0.05) is 48.5 Å². The van der Waals surface area contributed by atoms with E-state index >= 15 is 0 Å². The lowest BCUT2D eigenvalue weighted by Gasteiger charge is -2.13. The van der Waals surface area contributed by atoms with E-state index in [1.165, 1.54) is 22.3 Å². The first kappa shape index (κ1) is 15.4. The third-order valence-electron chi connectivity index (χ3n) is 3.53. The van der Waals surface area contributed by atoms with Gasteiger partial charge in [-0.05, 0) is 22.3 Å². The van der Waals surface area contributed by atoms with Gasteiger partial charge in [-0.25, -0.2) is 0 Å². The summed E-state index contributed by atoms with van der Waals surface area (Å²) in [5.74, 6) is 0.286. The number of hydrogen-bond acceptors (Lipinski definition) is 3. The Morgan fingerprint density at radius 2 is 1.38 bits per heavy atom. The fourth-order valence-electron chi connectivity index (χ4n) is 2.71. The number of nitrogens with two attached hydrogens (primary N) is 1. The maximum absolute atomic E-state index is 5.57. The number of ether oxygens (including phenoxy) is 2. The normalized spacial score (nSPS) is 12.2. The summed E-state index contributed by atoms with van der Waals surface area (Å²) in [5, 5.41) is 0. The summed E-state index contributed by atoms with van der Waals surface area (Å²) in [6.45, 7) is 7.06. The molecule has 1 aliphatic carbocycles. The van der Waals surface area contributed by atoms with Crippen LogP contribution in [0.25, 0.3) is 11.1 Å². The van der Waals surface area contributed by atoms with Gasteiger partial charge < -0.3 is 15.2 Å². The molecule has 0 heterocycles. The third kappa shape index (κ3) is 3.22. The molecule has 0 unspecified atom stereocenters. The minimum atomic E-state index is 0.192. The molecule has 2 N–H and O–H groups in total. The topological polar surface area (TPSA) is 44.5 Å². The first-order valence-corrected chi connectivity index (χ1v) is 6.95. The molecule has 0 radical (unpaired) electrons. The molecule has 0 saturated heterocycles. The van der Waals surface area contributed by atoms with Crippen LogP contribution in [0.4, 0.5) is 0 Å². The lowest BCUT2D eigenvalue weighted by Crippen LogP contribution is -2.12. The second-order valence-corrected chi connectivity index (χ2v) is 4.59. The van der Waals surface area contributed by atoms with Gasteiger partial charge in [0.25, 0.3) is 0 Å². The highest BCUT2D eigenvalue weighted by Gasteiger charge is 2.27. The average molecular weight is 283 g/mol. The van der Waals surface area contributed by atoms with Crippen LogP contribution in [0.3, 0.4) is 0 Å². The van der Waals surface area contributed by atoms with Crippen molar-refractivity contribution >= 4 is 0 Å². The van der Waals surface area contributed by atoms with E-state index < -0.39 is 0 Å². The number of hydrogen-bond donors (Lipinski definition) is 1. The molecule has 0 saturated carbocycles. The van der Waals surface area contributed by atoms with E-state index in [1.807, 2.05) is 0 Å². The van der Waals surface area contributed by atoms with Crippen LogP contribution in [0, 0.1) is 0 Å². The van der Waals surface area contributed by atoms with Crippen LogP contribution in [0.1, 0.15) is 17.0 Å². The first-order chi connectivity index (χ1) is 10.4. The quantitative estimate of drug-likeness (QED) is 0.519. The number of benzene rings is 2. The zero-order chi connectivity index (χ0) is 15.1. The number of fused-ring (bicyclic) bond motifs is 3. The van der Waals surface area contributed by atoms with Crippen molar-refractivity contribution < 1.29 is 9.47 Å². The molecule has 1 aliphatic rings. The van der Waals surface area contributed by atoms with Gasteiger partial charge in [-0.3, -0.25) is 0 Å². The van der Waals surface area contributed by atoms with Crippen molar-refractivity contribution in [3.63, 3.8) is 0 Å². The van der Waals surface area contributed by atoms with Gasteiger partial charge in [-0.2, -0.15) is 0 Å². The molecule has 3 nitrogen and oxygen atoms in total. The van der Waals surface area contributed by atoms with Gasteiger partial charge in [0, 0.05) is 5.92 Å². The first-order valence-electron chi connectivity index (χ1n) is 6.95. The van der Waals surface area contributed by atoms with Crippen molar-refractivity contribution in [1.29, 1.82) is 0 Å². The van der Waals surface area contributed by atoms with Crippen molar-refractivity contribution in [3.8, 4) is 11.1 Å². The molecule has 2 aromatic carbocycles. The van der Waals surface area contributed by atoms with Crippen LogP contribution in [-0.2, 0) is 9.47 Å². The van der Waals surface area contributed by atoms with Gasteiger partial charge in [-0.15, -0.1) is 13.2 Å². The average Bonchev–Trinajstić information content (AvgIpc) is 2.88. The second kappa shape index (κ2) is 7.74. The van der Waals surface area contributed by atoms with E-state index in [1.54, 1.807) is 0 Å². The van der Waals surface area contributed by atoms with Crippen LogP contribution in [0.15, 0.2) is 61.7 Å². The Balaban J connectivity index is 0.000000774. The smallest absolute Gasteiger partial charge is 0.148 e. The van der Waals surface area contributed by atoms with Crippen LogP contribution < -0.4 is 5.73 Å². The fourth-order valence-corrected chi connectivity index (χ4v) is 2.71. The van der Waals surface area contributed by atoms with Crippen LogP contribution >= 0.6 is 0 Å². The van der Waals surface area contributed by atoms with Crippen molar-refractivity contribution in [1.82, 2.24) is 0 Å². The summed E-state index contributed by atoms with van der Waals surface area (Å²) >= 11 is 0. The largest absolute Gasteiger partial charge is 0.354 e. The van der Waals surface area contributed by atoms with E-state index in [4.69, 9.17) is 15.2 Å². The summed E-state index contributed by atoms with van der Waals surface area (Å²) < 4.78 is 10.6. The molecule has 3 rings (SSSR count). The predicted molar refractivity (Wildman–Crippen MR) is 85.9 cm³/mol. The minimum absolute atomic E-state index is 0.192. The third-order valence-corrected chi connectivity index (χ3v) is 3.53. The lowest BCUT2D eigenvalue weighted by atomic mass is 9.98. The van der Waals surface area contributed by atoms with Crippen LogP contribution in [-0.4, -0.2) is 20.1 Å². The molecule has 0 spiro atoms. The van der Waals surface area contributed by atoms with E-state index in [9.17, 15) is 0 Å². The maximum atomic E-state index is 5.57. The summed E-state index contributed by atoms with van der Waals surface area (Å²) in [4.78, 5) is 0. The summed E-state index contributed by atoms with van der Waals surface area (Å²) in [5.41, 5.74) is 10.6. The Bertz CT molecular complexity index is 537. The van der Waals surface area contributed by atoms with Crippen molar-refractivity contribution in [3.05, 3.63) is 72.8 Å². The van der Waals surface area contributed by atoms with E-state index in [0.29, 0.717) is 6.61 Å². The molecule has 0 amide bonds. The van der Waals surface area contributed by atoms with Crippen molar-refractivity contribution in [2.24, 2.45) is 5.73 Å². The predicted octanol–water partition coefficient (Wildman–Crippen LogP) is 3.51. The van der Waals surface area contributed by atoms with Crippen molar-refractivity contribution in [2.75, 3.05) is 20.1 Å². The molecule has 0 atom stereocenters. The molecule has 0 bridgehead atoms.